The second-order valence-corrected chi connectivity index (χ2v) is 3.48. The van der Waals surface area contributed by atoms with Gasteiger partial charge in [0.2, 0.25) is 0 Å². The van der Waals surface area contributed by atoms with Crippen LogP contribution in [0.15, 0.2) is 12.4 Å². The Balaban J connectivity index is 2.55. The normalized spacial score (nSPS) is 10.8. The molecule has 2 heterocycles. The van der Waals surface area contributed by atoms with Gasteiger partial charge in [-0.15, -0.1) is 0 Å². The van der Waals surface area contributed by atoms with Crippen LogP contribution in [0, 0.1) is 12.7 Å². The maximum absolute atomic E-state index is 13.8. The molecule has 84 valence electrons. The summed E-state index contributed by atoms with van der Waals surface area (Å²) in [6.07, 6.45) is 1.30. The third-order valence-corrected chi connectivity index (χ3v) is 2.41. The summed E-state index contributed by atoms with van der Waals surface area (Å²) < 4.78 is 15.5. The first kappa shape index (κ1) is 10.7. The zero-order valence-corrected chi connectivity index (χ0v) is 9.11. The maximum Gasteiger partial charge on any atom is 0.173 e. The Labute approximate surface area is 92.1 Å². The van der Waals surface area contributed by atoms with Crippen molar-refractivity contribution in [2.45, 2.75) is 13.5 Å². The molecular weight excluding hydrogens is 209 g/mol. The van der Waals surface area contributed by atoms with E-state index in [1.807, 2.05) is 6.92 Å². The third-order valence-electron chi connectivity index (χ3n) is 2.41. The van der Waals surface area contributed by atoms with E-state index in [0.29, 0.717) is 5.69 Å². The zero-order valence-electron chi connectivity index (χ0n) is 9.11. The lowest BCUT2D eigenvalue weighted by atomic mass is 10.2. The smallest absolute Gasteiger partial charge is 0.173 e. The molecule has 0 bridgehead atoms. The molecule has 0 radical (unpaired) electrons. The first-order chi connectivity index (χ1) is 7.63. The molecule has 0 spiro atoms. The van der Waals surface area contributed by atoms with Crippen LogP contribution < -0.4 is 5.73 Å². The van der Waals surface area contributed by atoms with Crippen molar-refractivity contribution >= 4 is 0 Å². The van der Waals surface area contributed by atoms with Gasteiger partial charge in [-0.2, -0.15) is 5.10 Å². The van der Waals surface area contributed by atoms with Gasteiger partial charge in [0.05, 0.1) is 5.69 Å². The summed E-state index contributed by atoms with van der Waals surface area (Å²) in [5.41, 5.74) is 7.20. The highest BCUT2D eigenvalue weighted by molar-refractivity contribution is 5.55. The molecule has 0 aliphatic carbocycles. The average molecular weight is 221 g/mol. The second-order valence-electron chi connectivity index (χ2n) is 3.48. The summed E-state index contributed by atoms with van der Waals surface area (Å²) >= 11 is 0. The Morgan fingerprint density at radius 3 is 2.75 bits per heavy atom. The van der Waals surface area contributed by atoms with Crippen molar-refractivity contribution in [3.05, 3.63) is 29.6 Å². The Hall–Kier alpha value is -1.82. The molecule has 6 heteroatoms. The van der Waals surface area contributed by atoms with Crippen LogP contribution in [-0.4, -0.2) is 19.7 Å². The number of rotatable bonds is 2. The fraction of sp³-hybridized carbons (Fsp3) is 0.300. The van der Waals surface area contributed by atoms with Crippen LogP contribution in [0.2, 0.25) is 0 Å². The monoisotopic (exact) mass is 221 g/mol. The maximum atomic E-state index is 13.8. The Morgan fingerprint density at radius 2 is 2.19 bits per heavy atom. The first-order valence-corrected chi connectivity index (χ1v) is 4.84. The molecule has 0 aliphatic rings. The quantitative estimate of drug-likeness (QED) is 0.813. The van der Waals surface area contributed by atoms with E-state index >= 15 is 0 Å². The molecule has 0 saturated carbocycles. The molecule has 5 nitrogen and oxygen atoms in total. The van der Waals surface area contributed by atoms with Gasteiger partial charge in [-0.25, -0.2) is 14.4 Å². The van der Waals surface area contributed by atoms with E-state index in [1.54, 1.807) is 17.8 Å². The van der Waals surface area contributed by atoms with Crippen LogP contribution in [0.25, 0.3) is 11.4 Å². The van der Waals surface area contributed by atoms with Crippen molar-refractivity contribution in [3.8, 4) is 11.4 Å². The molecule has 2 N–H and O–H groups in total. The fourth-order valence-corrected chi connectivity index (χ4v) is 1.40. The van der Waals surface area contributed by atoms with E-state index in [2.05, 4.69) is 15.1 Å². The molecule has 2 aromatic heterocycles. The predicted octanol–water partition coefficient (Wildman–Crippen LogP) is 0.783. The lowest BCUT2D eigenvalue weighted by Crippen LogP contribution is -2.06. The summed E-state index contributed by atoms with van der Waals surface area (Å²) in [6.45, 7) is 1.94. The number of hydrogen-bond acceptors (Lipinski definition) is 4. The minimum Gasteiger partial charge on any atom is -0.325 e. The van der Waals surface area contributed by atoms with Crippen molar-refractivity contribution in [3.63, 3.8) is 0 Å². The third kappa shape index (κ3) is 1.67. The van der Waals surface area contributed by atoms with E-state index in [9.17, 15) is 4.39 Å². The number of aryl methyl sites for hydroxylation is 2. The average Bonchev–Trinajstić information content (AvgIpc) is 2.59. The minimum atomic E-state index is -0.497. The molecule has 0 unspecified atom stereocenters. The van der Waals surface area contributed by atoms with Crippen LogP contribution in [0.3, 0.4) is 0 Å². The highest BCUT2D eigenvalue weighted by atomic mass is 19.1. The zero-order chi connectivity index (χ0) is 11.7. The molecule has 2 aromatic rings. The standard InChI is InChI=1S/C10H12FN5/c1-6-3-7(15-16(6)2)10-9(11)8(4-12)13-5-14-10/h3,5H,4,12H2,1-2H3. The van der Waals surface area contributed by atoms with E-state index in [0.717, 1.165) is 5.69 Å². The van der Waals surface area contributed by atoms with Crippen LogP contribution >= 0.6 is 0 Å². The van der Waals surface area contributed by atoms with Gasteiger partial charge < -0.3 is 5.73 Å². The summed E-state index contributed by atoms with van der Waals surface area (Å²) in [4.78, 5) is 7.66. The molecule has 2 rings (SSSR count). The van der Waals surface area contributed by atoms with Gasteiger partial charge in [-0.1, -0.05) is 0 Å². The van der Waals surface area contributed by atoms with Crippen molar-refractivity contribution in [2.75, 3.05) is 0 Å². The Kier molecular flexibility index (Phi) is 2.66. The second kappa shape index (κ2) is 3.97. The van der Waals surface area contributed by atoms with Crippen LogP contribution in [0.4, 0.5) is 4.39 Å². The summed E-state index contributed by atoms with van der Waals surface area (Å²) in [5.74, 6) is -0.497. The molecule has 0 atom stereocenters. The molecule has 0 fully saturated rings. The lowest BCUT2D eigenvalue weighted by Gasteiger charge is -2.01. The minimum absolute atomic E-state index is 0.0488. The number of halogens is 1. The highest BCUT2D eigenvalue weighted by Gasteiger charge is 2.14. The van der Waals surface area contributed by atoms with Gasteiger partial charge in [-0.05, 0) is 13.0 Å². The van der Waals surface area contributed by atoms with Crippen molar-refractivity contribution < 1.29 is 4.39 Å². The summed E-state index contributed by atoms with van der Waals surface area (Å²) in [5, 5.41) is 4.16. The van der Waals surface area contributed by atoms with Gasteiger partial charge >= 0.3 is 0 Å². The summed E-state index contributed by atoms with van der Waals surface area (Å²) in [7, 11) is 1.79. The van der Waals surface area contributed by atoms with Crippen LogP contribution in [-0.2, 0) is 13.6 Å². The molecule has 0 amide bonds. The van der Waals surface area contributed by atoms with Gasteiger partial charge in [0.15, 0.2) is 5.82 Å². The molecule has 0 aliphatic heterocycles. The van der Waals surface area contributed by atoms with E-state index < -0.39 is 5.82 Å². The van der Waals surface area contributed by atoms with E-state index in [1.165, 1.54) is 6.33 Å². The van der Waals surface area contributed by atoms with E-state index in [4.69, 9.17) is 5.73 Å². The van der Waals surface area contributed by atoms with Gasteiger partial charge in [0, 0.05) is 19.3 Å². The molecule has 0 aromatic carbocycles. The molecular formula is C10H12FN5. The predicted molar refractivity (Wildman–Crippen MR) is 56.8 cm³/mol. The number of hydrogen-bond donors (Lipinski definition) is 1. The van der Waals surface area contributed by atoms with E-state index in [-0.39, 0.29) is 17.9 Å². The Morgan fingerprint density at radius 1 is 1.44 bits per heavy atom. The topological polar surface area (TPSA) is 69.6 Å². The number of nitrogens with zero attached hydrogens (tertiary/aromatic N) is 4. The largest absolute Gasteiger partial charge is 0.325 e. The Bertz CT molecular complexity index is 500. The van der Waals surface area contributed by atoms with Crippen molar-refractivity contribution in [2.24, 2.45) is 12.8 Å². The fourth-order valence-electron chi connectivity index (χ4n) is 1.40. The van der Waals surface area contributed by atoms with Crippen LogP contribution in [0.5, 0.6) is 0 Å². The lowest BCUT2D eigenvalue weighted by molar-refractivity contribution is 0.594. The highest BCUT2D eigenvalue weighted by Crippen LogP contribution is 2.20. The van der Waals surface area contributed by atoms with Crippen molar-refractivity contribution in [1.29, 1.82) is 0 Å². The van der Waals surface area contributed by atoms with Crippen LogP contribution in [0.1, 0.15) is 11.4 Å². The molecule has 0 saturated heterocycles. The van der Waals surface area contributed by atoms with Gasteiger partial charge in [0.1, 0.15) is 17.7 Å². The number of aromatic nitrogens is 4. The number of nitrogens with two attached hydrogens (primary N) is 1. The first-order valence-electron chi connectivity index (χ1n) is 4.84. The molecule has 16 heavy (non-hydrogen) atoms. The van der Waals surface area contributed by atoms with Crippen molar-refractivity contribution in [1.82, 2.24) is 19.7 Å². The van der Waals surface area contributed by atoms with Gasteiger partial charge in [0.25, 0.3) is 0 Å². The SMILES string of the molecule is Cc1cc(-c2ncnc(CN)c2F)nn1C. The summed E-state index contributed by atoms with van der Waals surface area (Å²) in [6, 6.07) is 1.77. The van der Waals surface area contributed by atoms with Gasteiger partial charge in [-0.3, -0.25) is 4.68 Å².